The maximum absolute atomic E-state index is 12.3. The first-order valence-electron chi connectivity index (χ1n) is 8.51. The van der Waals surface area contributed by atoms with Crippen molar-refractivity contribution < 1.29 is 4.79 Å². The van der Waals surface area contributed by atoms with Crippen LogP contribution >= 0.6 is 34.5 Å². The normalized spacial score (nSPS) is 16.3. The fourth-order valence-electron chi connectivity index (χ4n) is 3.19. The number of halogens is 2. The number of benzene rings is 1. The number of carbonyl (C=O) groups excluding carboxylic acids is 1. The predicted molar refractivity (Wildman–Crippen MR) is 109 cm³/mol. The standard InChI is InChI=1S/C20H18Cl2N2OS/c1-2-12-6-7-13-15(11-23)20(26-18(13)10-12)24-19(25)9-8-14-16(21)4-3-5-17(14)22/h3-5,8-9,12H,2,6-7,10H2,1H3,(H,24,25). The molecule has 1 aliphatic carbocycles. The largest absolute Gasteiger partial charge is 0.313 e. The van der Waals surface area contributed by atoms with Crippen LogP contribution in [0.25, 0.3) is 6.08 Å². The Balaban J connectivity index is 1.79. The SMILES string of the molecule is CCC1CCc2c(sc(NC(=O)C=Cc3c(Cl)cccc3Cl)c2C#N)C1. The van der Waals surface area contributed by atoms with Gasteiger partial charge in [-0.05, 0) is 49.0 Å². The van der Waals surface area contributed by atoms with E-state index >= 15 is 0 Å². The molecule has 0 radical (unpaired) electrons. The third-order valence-corrected chi connectivity index (χ3v) is 6.52. The van der Waals surface area contributed by atoms with Crippen LogP contribution in [0.5, 0.6) is 0 Å². The molecule has 134 valence electrons. The second-order valence-corrected chi connectivity index (χ2v) is 8.21. The first kappa shape index (κ1) is 19.0. The number of rotatable bonds is 4. The number of hydrogen-bond acceptors (Lipinski definition) is 3. The van der Waals surface area contributed by atoms with Crippen LogP contribution in [0.4, 0.5) is 5.00 Å². The molecule has 3 nitrogen and oxygen atoms in total. The molecule has 1 aromatic heterocycles. The number of thiophene rings is 1. The van der Waals surface area contributed by atoms with Crippen molar-refractivity contribution in [2.24, 2.45) is 5.92 Å². The van der Waals surface area contributed by atoms with Crippen LogP contribution in [0.2, 0.25) is 10.0 Å². The first-order chi connectivity index (χ1) is 12.5. The van der Waals surface area contributed by atoms with Gasteiger partial charge in [0, 0.05) is 26.6 Å². The summed E-state index contributed by atoms with van der Waals surface area (Å²) in [7, 11) is 0. The van der Waals surface area contributed by atoms with Crippen molar-refractivity contribution in [3.05, 3.63) is 55.9 Å². The van der Waals surface area contributed by atoms with Crippen LogP contribution in [0.15, 0.2) is 24.3 Å². The number of nitriles is 1. The Morgan fingerprint density at radius 2 is 2.15 bits per heavy atom. The molecule has 1 unspecified atom stereocenters. The molecule has 1 aliphatic rings. The predicted octanol–water partition coefficient (Wildman–Crippen LogP) is 6.09. The van der Waals surface area contributed by atoms with Crippen molar-refractivity contribution in [1.29, 1.82) is 5.26 Å². The summed E-state index contributed by atoms with van der Waals surface area (Å²) in [6.07, 6.45) is 7.13. The smallest absolute Gasteiger partial charge is 0.249 e. The second kappa shape index (κ2) is 8.26. The number of nitrogens with one attached hydrogen (secondary N) is 1. The van der Waals surface area contributed by atoms with Crippen LogP contribution in [0.1, 0.15) is 41.3 Å². The number of hydrogen-bond donors (Lipinski definition) is 1. The molecule has 26 heavy (non-hydrogen) atoms. The first-order valence-corrected chi connectivity index (χ1v) is 10.1. The van der Waals surface area contributed by atoms with Crippen molar-refractivity contribution in [3.8, 4) is 6.07 Å². The number of carbonyl (C=O) groups is 1. The zero-order valence-corrected chi connectivity index (χ0v) is 16.6. The average Bonchev–Trinajstić information content (AvgIpc) is 2.97. The Labute approximate surface area is 167 Å². The summed E-state index contributed by atoms with van der Waals surface area (Å²) in [5.74, 6) is 0.363. The van der Waals surface area contributed by atoms with Gasteiger partial charge in [-0.2, -0.15) is 5.26 Å². The summed E-state index contributed by atoms with van der Waals surface area (Å²) in [4.78, 5) is 13.6. The van der Waals surface area contributed by atoms with Gasteiger partial charge in [-0.3, -0.25) is 4.79 Å². The number of anilines is 1. The zero-order valence-electron chi connectivity index (χ0n) is 14.3. The molecule has 6 heteroatoms. The van der Waals surface area contributed by atoms with Gasteiger partial charge in [0.25, 0.3) is 0 Å². The molecule has 1 N–H and O–H groups in total. The van der Waals surface area contributed by atoms with E-state index in [9.17, 15) is 10.1 Å². The Morgan fingerprint density at radius 1 is 1.42 bits per heavy atom. The van der Waals surface area contributed by atoms with Crippen LogP contribution < -0.4 is 5.32 Å². The minimum atomic E-state index is -0.303. The van der Waals surface area contributed by atoms with Crippen LogP contribution in [-0.2, 0) is 17.6 Å². The van der Waals surface area contributed by atoms with E-state index in [4.69, 9.17) is 23.2 Å². The average molecular weight is 405 g/mol. The molecule has 0 aliphatic heterocycles. The summed E-state index contributed by atoms with van der Waals surface area (Å²) in [6, 6.07) is 7.45. The lowest BCUT2D eigenvalue weighted by Gasteiger charge is -2.20. The molecule has 0 fully saturated rings. The molecule has 1 amide bonds. The summed E-state index contributed by atoms with van der Waals surface area (Å²) in [5.41, 5.74) is 2.32. The third-order valence-electron chi connectivity index (χ3n) is 4.69. The maximum Gasteiger partial charge on any atom is 0.249 e. The monoisotopic (exact) mass is 404 g/mol. The lowest BCUT2D eigenvalue weighted by atomic mass is 9.86. The van der Waals surface area contributed by atoms with Crippen LogP contribution in [0, 0.1) is 17.2 Å². The Hall–Kier alpha value is -1.80. The van der Waals surface area contributed by atoms with Gasteiger partial charge in [0.1, 0.15) is 11.1 Å². The molecule has 2 aromatic rings. The Kier molecular flexibility index (Phi) is 6.03. The van der Waals surface area contributed by atoms with Gasteiger partial charge in [-0.15, -0.1) is 11.3 Å². The fourth-order valence-corrected chi connectivity index (χ4v) is 5.03. The highest BCUT2D eigenvalue weighted by Gasteiger charge is 2.25. The molecule has 1 heterocycles. The number of amides is 1. The van der Waals surface area contributed by atoms with Gasteiger partial charge < -0.3 is 5.32 Å². The molecule has 0 saturated carbocycles. The highest BCUT2D eigenvalue weighted by molar-refractivity contribution is 7.16. The van der Waals surface area contributed by atoms with Crippen molar-refractivity contribution in [2.75, 3.05) is 5.32 Å². The highest BCUT2D eigenvalue weighted by atomic mass is 35.5. The van der Waals surface area contributed by atoms with E-state index in [0.29, 0.717) is 32.1 Å². The van der Waals surface area contributed by atoms with E-state index in [1.165, 1.54) is 22.3 Å². The summed E-state index contributed by atoms with van der Waals surface area (Å²) < 4.78 is 0. The molecular formula is C20H18Cl2N2OS. The molecule has 0 spiro atoms. The van der Waals surface area contributed by atoms with Gasteiger partial charge >= 0.3 is 0 Å². The number of nitrogens with zero attached hydrogens (tertiary/aromatic N) is 1. The van der Waals surface area contributed by atoms with Gasteiger partial charge in [-0.1, -0.05) is 42.6 Å². The Bertz CT molecular complexity index is 891. The lowest BCUT2D eigenvalue weighted by molar-refractivity contribution is -0.111. The molecule has 0 bridgehead atoms. The number of fused-ring (bicyclic) bond motifs is 1. The van der Waals surface area contributed by atoms with E-state index in [1.54, 1.807) is 24.3 Å². The zero-order chi connectivity index (χ0) is 18.7. The van der Waals surface area contributed by atoms with Gasteiger partial charge in [-0.25, -0.2) is 0 Å². The quantitative estimate of drug-likeness (QED) is 0.626. The molecule has 1 aromatic carbocycles. The van der Waals surface area contributed by atoms with Crippen molar-refractivity contribution in [1.82, 2.24) is 0 Å². The van der Waals surface area contributed by atoms with Crippen LogP contribution in [0.3, 0.4) is 0 Å². The topological polar surface area (TPSA) is 52.9 Å². The van der Waals surface area contributed by atoms with Crippen LogP contribution in [-0.4, -0.2) is 5.91 Å². The summed E-state index contributed by atoms with van der Waals surface area (Å²) in [5, 5.41) is 14.0. The second-order valence-electron chi connectivity index (χ2n) is 6.29. The van der Waals surface area contributed by atoms with Gasteiger partial charge in [0.15, 0.2) is 0 Å². The minimum absolute atomic E-state index is 0.303. The minimum Gasteiger partial charge on any atom is -0.313 e. The van der Waals surface area contributed by atoms with Crippen molar-refractivity contribution in [2.45, 2.75) is 32.6 Å². The van der Waals surface area contributed by atoms with Gasteiger partial charge in [0.05, 0.1) is 5.56 Å². The summed E-state index contributed by atoms with van der Waals surface area (Å²) >= 11 is 13.7. The fraction of sp³-hybridized carbons (Fsp3) is 0.300. The van der Waals surface area contributed by atoms with Gasteiger partial charge in [0.2, 0.25) is 5.91 Å². The van der Waals surface area contributed by atoms with E-state index in [1.807, 2.05) is 0 Å². The highest BCUT2D eigenvalue weighted by Crippen LogP contribution is 2.40. The maximum atomic E-state index is 12.3. The Morgan fingerprint density at radius 3 is 2.81 bits per heavy atom. The molecular weight excluding hydrogens is 387 g/mol. The van der Waals surface area contributed by atoms with Crippen molar-refractivity contribution >= 4 is 51.5 Å². The molecule has 1 atom stereocenters. The van der Waals surface area contributed by atoms with E-state index in [0.717, 1.165) is 31.2 Å². The summed E-state index contributed by atoms with van der Waals surface area (Å²) in [6.45, 7) is 2.20. The third kappa shape index (κ3) is 3.96. The lowest BCUT2D eigenvalue weighted by Crippen LogP contribution is -2.12. The molecule has 3 rings (SSSR count). The van der Waals surface area contributed by atoms with E-state index in [-0.39, 0.29) is 5.91 Å². The van der Waals surface area contributed by atoms with E-state index < -0.39 is 0 Å². The van der Waals surface area contributed by atoms with E-state index in [2.05, 4.69) is 18.3 Å². The van der Waals surface area contributed by atoms with Crippen molar-refractivity contribution in [3.63, 3.8) is 0 Å². The molecule has 0 saturated heterocycles.